The summed E-state index contributed by atoms with van der Waals surface area (Å²) in [6, 6.07) is 6.40. The highest BCUT2D eigenvalue weighted by atomic mass is 32.1. The highest BCUT2D eigenvalue weighted by Crippen LogP contribution is 2.26. The fourth-order valence-corrected chi connectivity index (χ4v) is 2.81. The zero-order valence-corrected chi connectivity index (χ0v) is 15.8. The lowest BCUT2D eigenvalue weighted by atomic mass is 10.1. The fourth-order valence-electron chi connectivity index (χ4n) is 1.69. The standard InChI is InChI=1S/C13H15NS.4H2S.H4Si/c1-3-6-10-8-5-9-11-13(10)14-12(15-11)7-4-2;;;;;/h3,5,8-9H,1,4,6-7H2,2H3;4*1H2;1H4. The van der Waals surface area contributed by atoms with E-state index in [9.17, 15) is 0 Å². The Balaban J connectivity index is -0.000000256. The van der Waals surface area contributed by atoms with Gasteiger partial charge in [-0.25, -0.2) is 4.98 Å². The SMILES string of the molecule is C=CCc1cccc2sc(CCC)nc12.S.S.S.S.[SiH4]. The maximum Gasteiger partial charge on any atom is 0.0938 e. The number of fused-ring (bicyclic) bond motifs is 1. The third-order valence-corrected chi connectivity index (χ3v) is 3.46. The molecule has 0 fully saturated rings. The first kappa shape index (κ1) is 28.6. The van der Waals surface area contributed by atoms with Crippen molar-refractivity contribution >= 4 is 86.5 Å². The van der Waals surface area contributed by atoms with Crippen LogP contribution < -0.4 is 0 Å². The number of aryl methyl sites for hydroxylation is 1. The first-order valence-electron chi connectivity index (χ1n) is 5.33. The molecule has 0 atom stereocenters. The molecule has 1 aromatic heterocycles. The van der Waals surface area contributed by atoms with E-state index >= 15 is 0 Å². The lowest BCUT2D eigenvalue weighted by Gasteiger charge is -1.96. The van der Waals surface area contributed by atoms with Crippen LogP contribution in [0.5, 0.6) is 0 Å². The van der Waals surface area contributed by atoms with E-state index in [0.29, 0.717) is 0 Å². The summed E-state index contributed by atoms with van der Waals surface area (Å²) in [5.74, 6) is 0. The van der Waals surface area contributed by atoms with Crippen molar-refractivity contribution in [2.24, 2.45) is 0 Å². The van der Waals surface area contributed by atoms with Crippen LogP contribution in [0.15, 0.2) is 30.9 Å². The van der Waals surface area contributed by atoms with Gasteiger partial charge in [-0.3, -0.25) is 0 Å². The summed E-state index contributed by atoms with van der Waals surface area (Å²) in [4.78, 5) is 4.69. The van der Waals surface area contributed by atoms with Gasteiger partial charge in [0.25, 0.3) is 0 Å². The molecule has 0 N–H and O–H groups in total. The number of thiazole rings is 1. The zero-order chi connectivity index (χ0) is 10.7. The highest BCUT2D eigenvalue weighted by Gasteiger charge is 2.06. The van der Waals surface area contributed by atoms with Crippen LogP contribution in [-0.4, -0.2) is 15.9 Å². The molecule has 0 spiro atoms. The zero-order valence-electron chi connectivity index (χ0n) is 11.0. The summed E-state index contributed by atoms with van der Waals surface area (Å²) in [6.45, 7) is 5.97. The molecule has 1 aromatic carbocycles. The number of benzene rings is 1. The van der Waals surface area contributed by atoms with Crippen LogP contribution in [0.4, 0.5) is 0 Å². The van der Waals surface area contributed by atoms with Crippen LogP contribution in [0, 0.1) is 0 Å². The average Bonchev–Trinajstić information content (AvgIpc) is 2.62. The van der Waals surface area contributed by atoms with E-state index < -0.39 is 0 Å². The van der Waals surface area contributed by atoms with Gasteiger partial charge in [0, 0.05) is 0 Å². The number of para-hydroxylation sites is 1. The van der Waals surface area contributed by atoms with Crippen LogP contribution >= 0.6 is 65.3 Å². The van der Waals surface area contributed by atoms with Gasteiger partial charge in [-0.2, -0.15) is 54.0 Å². The van der Waals surface area contributed by atoms with Gasteiger partial charge in [0.15, 0.2) is 0 Å². The van der Waals surface area contributed by atoms with Gasteiger partial charge >= 0.3 is 0 Å². The number of hydrogen-bond acceptors (Lipinski definition) is 2. The second-order valence-electron chi connectivity index (χ2n) is 3.61. The van der Waals surface area contributed by atoms with Crippen LogP contribution in [0.2, 0.25) is 0 Å². The molecule has 7 heteroatoms. The van der Waals surface area contributed by atoms with Crippen LogP contribution in [-0.2, 0) is 12.8 Å². The number of nitrogens with zero attached hydrogens (tertiary/aromatic N) is 1. The molecule has 0 aliphatic heterocycles. The lowest BCUT2D eigenvalue weighted by molar-refractivity contribution is 0.912. The molecule has 0 bridgehead atoms. The minimum Gasteiger partial charge on any atom is -0.241 e. The Morgan fingerprint density at radius 2 is 1.85 bits per heavy atom. The smallest absolute Gasteiger partial charge is 0.0938 e. The molecule has 118 valence electrons. The van der Waals surface area contributed by atoms with Crippen molar-refractivity contribution in [1.29, 1.82) is 0 Å². The van der Waals surface area contributed by atoms with E-state index in [1.165, 1.54) is 20.8 Å². The normalized spacial score (nSPS) is 8.05. The molecule has 1 heterocycles. The molecule has 0 saturated carbocycles. The summed E-state index contributed by atoms with van der Waals surface area (Å²) in [7, 11) is 0. The Bertz CT molecular complexity index is 487. The minimum atomic E-state index is 0. The van der Waals surface area contributed by atoms with E-state index in [1.54, 1.807) is 0 Å². The van der Waals surface area contributed by atoms with E-state index in [0.717, 1.165) is 19.3 Å². The topological polar surface area (TPSA) is 12.9 Å². The quantitative estimate of drug-likeness (QED) is 0.582. The first-order chi connectivity index (χ1) is 7.35. The number of hydrogen-bond donors (Lipinski definition) is 0. The second kappa shape index (κ2) is 14.4. The van der Waals surface area contributed by atoms with E-state index in [2.05, 4.69) is 31.7 Å². The van der Waals surface area contributed by atoms with Crippen molar-refractivity contribution in [1.82, 2.24) is 4.98 Å². The largest absolute Gasteiger partial charge is 0.241 e. The van der Waals surface area contributed by atoms with Crippen LogP contribution in [0.25, 0.3) is 10.2 Å². The van der Waals surface area contributed by atoms with Gasteiger partial charge in [-0.05, 0) is 41.9 Å². The number of rotatable bonds is 4. The van der Waals surface area contributed by atoms with Gasteiger partial charge in [0.1, 0.15) is 0 Å². The molecule has 2 rings (SSSR count). The molecule has 0 radical (unpaired) electrons. The van der Waals surface area contributed by atoms with Crippen LogP contribution in [0.3, 0.4) is 0 Å². The predicted octanol–water partition coefficient (Wildman–Crippen LogP) is 2.98. The highest BCUT2D eigenvalue weighted by molar-refractivity contribution is 7.59. The monoisotopic (exact) mass is 385 g/mol. The summed E-state index contributed by atoms with van der Waals surface area (Å²) < 4.78 is 1.30. The second-order valence-corrected chi connectivity index (χ2v) is 4.73. The Hall–Kier alpha value is 0.467. The Morgan fingerprint density at radius 3 is 2.40 bits per heavy atom. The molecular formula is C13H27NS5Si. The summed E-state index contributed by atoms with van der Waals surface area (Å²) >= 11 is 1.82. The van der Waals surface area contributed by atoms with Gasteiger partial charge < -0.3 is 0 Å². The predicted molar refractivity (Wildman–Crippen MR) is 120 cm³/mol. The summed E-state index contributed by atoms with van der Waals surface area (Å²) in [5, 5.41) is 1.25. The van der Waals surface area contributed by atoms with Crippen LogP contribution in [0.1, 0.15) is 23.9 Å². The molecule has 1 nitrogen and oxygen atoms in total. The van der Waals surface area contributed by atoms with E-state index in [-0.39, 0.29) is 64.9 Å². The minimum absolute atomic E-state index is 0. The third-order valence-electron chi connectivity index (χ3n) is 2.37. The Labute approximate surface area is 158 Å². The van der Waals surface area contributed by atoms with Gasteiger partial charge in [0.05, 0.1) is 15.2 Å². The Morgan fingerprint density at radius 1 is 1.20 bits per heavy atom. The Kier molecular flexibility index (Phi) is 20.6. The summed E-state index contributed by atoms with van der Waals surface area (Å²) in [6.07, 6.45) is 5.10. The van der Waals surface area contributed by atoms with Crippen molar-refractivity contribution in [3.8, 4) is 0 Å². The molecule has 0 saturated heterocycles. The molecule has 0 unspecified atom stereocenters. The molecular weight excluding hydrogens is 359 g/mol. The van der Waals surface area contributed by atoms with Crippen molar-refractivity contribution in [3.63, 3.8) is 0 Å². The van der Waals surface area contributed by atoms with Crippen molar-refractivity contribution in [3.05, 3.63) is 41.4 Å². The maximum absolute atomic E-state index is 4.69. The molecule has 2 aromatic rings. The molecule has 0 amide bonds. The number of aromatic nitrogens is 1. The van der Waals surface area contributed by atoms with Crippen molar-refractivity contribution < 1.29 is 0 Å². The molecule has 0 aliphatic rings. The van der Waals surface area contributed by atoms with E-state index in [4.69, 9.17) is 4.98 Å². The van der Waals surface area contributed by atoms with Gasteiger partial charge in [-0.15, -0.1) is 17.9 Å². The lowest BCUT2D eigenvalue weighted by Crippen LogP contribution is -1.84. The molecule has 0 aliphatic carbocycles. The van der Waals surface area contributed by atoms with Gasteiger partial charge in [-0.1, -0.05) is 25.1 Å². The van der Waals surface area contributed by atoms with E-state index in [1.807, 2.05) is 17.4 Å². The maximum atomic E-state index is 4.69. The average molecular weight is 386 g/mol. The first-order valence-corrected chi connectivity index (χ1v) is 6.15. The summed E-state index contributed by atoms with van der Waals surface area (Å²) in [5.41, 5.74) is 2.46. The fraction of sp³-hybridized carbons (Fsp3) is 0.308. The van der Waals surface area contributed by atoms with Crippen molar-refractivity contribution in [2.45, 2.75) is 26.2 Å². The van der Waals surface area contributed by atoms with Crippen molar-refractivity contribution in [2.75, 3.05) is 0 Å². The number of allylic oxidation sites excluding steroid dienone is 1. The van der Waals surface area contributed by atoms with Gasteiger partial charge in [0.2, 0.25) is 0 Å². The third kappa shape index (κ3) is 6.95. The molecule has 20 heavy (non-hydrogen) atoms.